The van der Waals surface area contributed by atoms with E-state index in [1.807, 2.05) is 30.3 Å². The van der Waals surface area contributed by atoms with Gasteiger partial charge in [-0.25, -0.2) is 8.42 Å². The molecule has 1 heterocycles. The fourth-order valence-electron chi connectivity index (χ4n) is 3.45. The van der Waals surface area contributed by atoms with E-state index in [1.54, 1.807) is 32.9 Å². The molecule has 2 N–H and O–H groups in total. The molecule has 0 bridgehead atoms. The van der Waals surface area contributed by atoms with Gasteiger partial charge in [-0.1, -0.05) is 23.7 Å². The summed E-state index contributed by atoms with van der Waals surface area (Å²) in [6, 6.07) is 13.4. The Morgan fingerprint density at radius 1 is 1.03 bits per heavy atom. The average molecular weight is 466 g/mol. The van der Waals surface area contributed by atoms with Gasteiger partial charge in [0.05, 0.1) is 27.7 Å². The number of nitrogens with one attached hydrogen (secondary N) is 2. The van der Waals surface area contributed by atoms with E-state index < -0.39 is 14.8 Å². The van der Waals surface area contributed by atoms with Crippen LogP contribution >= 0.6 is 11.6 Å². The zero-order valence-electron chi connectivity index (χ0n) is 18.8. The van der Waals surface area contributed by atoms with Crippen LogP contribution in [0, 0.1) is 0 Å². The predicted octanol–water partition coefficient (Wildman–Crippen LogP) is 5.11. The fourth-order valence-corrected chi connectivity index (χ4v) is 4.50. The van der Waals surface area contributed by atoms with Crippen LogP contribution in [0.4, 0.5) is 17.1 Å². The Balaban J connectivity index is 1.61. The van der Waals surface area contributed by atoms with Crippen molar-refractivity contribution < 1.29 is 13.2 Å². The molecule has 0 aromatic heterocycles. The summed E-state index contributed by atoms with van der Waals surface area (Å²) in [5.74, 6) is 0. The summed E-state index contributed by atoms with van der Waals surface area (Å²) in [6.45, 7) is 11.4. The van der Waals surface area contributed by atoms with Gasteiger partial charge in [-0.3, -0.25) is 4.72 Å². The van der Waals surface area contributed by atoms with Crippen molar-refractivity contribution in [1.82, 2.24) is 0 Å². The Morgan fingerprint density at radius 2 is 1.61 bits per heavy atom. The quantitative estimate of drug-likeness (QED) is 0.620. The normalized spacial score (nSPS) is 19.9. The Hall–Kier alpha value is -1.96. The topological polar surface area (TPSA) is 70.7 Å². The average Bonchev–Trinajstić information content (AvgIpc) is 2.65. The molecule has 1 saturated heterocycles. The summed E-state index contributed by atoms with van der Waals surface area (Å²) in [7, 11) is -3.44. The molecule has 0 saturated carbocycles. The minimum atomic E-state index is -3.44. The molecular formula is C23H32ClN3O3S. The van der Waals surface area contributed by atoms with Gasteiger partial charge in [0.15, 0.2) is 0 Å². The van der Waals surface area contributed by atoms with Crippen LogP contribution in [-0.4, -0.2) is 38.5 Å². The lowest BCUT2D eigenvalue weighted by Crippen LogP contribution is -2.45. The first kappa shape index (κ1) is 23.7. The SMILES string of the molecule is CC1CN(c2ccc(NCc3ccc(NS(=O)(=O)C(C)(C)C)cc3)cc2Cl)CC(C)O1. The molecule has 1 fully saturated rings. The van der Waals surface area contributed by atoms with E-state index in [2.05, 4.69) is 28.8 Å². The van der Waals surface area contributed by atoms with E-state index >= 15 is 0 Å². The van der Waals surface area contributed by atoms with E-state index in [1.165, 1.54) is 0 Å². The van der Waals surface area contributed by atoms with Crippen molar-refractivity contribution in [3.63, 3.8) is 0 Å². The standard InChI is InChI=1S/C23H32ClN3O3S/c1-16-14-27(15-17(2)30-16)22-11-10-20(12-21(22)24)25-13-18-6-8-19(9-7-18)26-31(28,29)23(3,4)5/h6-12,16-17,25-26H,13-15H2,1-5H3. The third-order valence-electron chi connectivity index (χ3n) is 5.22. The van der Waals surface area contributed by atoms with Crippen LogP contribution in [0.1, 0.15) is 40.2 Å². The Bertz CT molecular complexity index is 994. The van der Waals surface area contributed by atoms with Crippen LogP contribution in [-0.2, 0) is 21.3 Å². The second kappa shape index (κ2) is 9.27. The first-order valence-corrected chi connectivity index (χ1v) is 12.4. The van der Waals surface area contributed by atoms with Crippen molar-refractivity contribution >= 4 is 38.7 Å². The van der Waals surface area contributed by atoms with Gasteiger partial charge in [0.2, 0.25) is 10.0 Å². The predicted molar refractivity (Wildman–Crippen MR) is 130 cm³/mol. The summed E-state index contributed by atoms with van der Waals surface area (Å²) in [6.07, 6.45) is 0.349. The summed E-state index contributed by atoms with van der Waals surface area (Å²) in [5, 5.41) is 4.08. The molecule has 0 spiro atoms. The molecular weight excluding hydrogens is 434 g/mol. The summed E-state index contributed by atoms with van der Waals surface area (Å²) >= 11 is 6.57. The van der Waals surface area contributed by atoms with Crippen molar-refractivity contribution in [2.75, 3.05) is 28.0 Å². The van der Waals surface area contributed by atoms with Crippen molar-refractivity contribution in [2.24, 2.45) is 0 Å². The number of morpholine rings is 1. The number of hydrogen-bond donors (Lipinski definition) is 2. The molecule has 2 atom stereocenters. The third kappa shape index (κ3) is 6.05. The zero-order valence-corrected chi connectivity index (χ0v) is 20.3. The van der Waals surface area contributed by atoms with E-state index in [-0.39, 0.29) is 12.2 Å². The smallest absolute Gasteiger partial charge is 0.237 e. The second-order valence-corrected chi connectivity index (χ2v) is 11.9. The van der Waals surface area contributed by atoms with Gasteiger partial charge in [0.1, 0.15) is 0 Å². The number of halogens is 1. The number of nitrogens with zero attached hydrogens (tertiary/aromatic N) is 1. The minimum Gasteiger partial charge on any atom is -0.381 e. The van der Waals surface area contributed by atoms with Crippen LogP contribution in [0.3, 0.4) is 0 Å². The first-order chi connectivity index (χ1) is 14.4. The molecule has 1 aliphatic rings. The van der Waals surface area contributed by atoms with E-state index in [0.29, 0.717) is 17.3 Å². The van der Waals surface area contributed by atoms with Gasteiger partial charge >= 0.3 is 0 Å². The molecule has 3 rings (SSSR count). The number of rotatable bonds is 6. The largest absolute Gasteiger partial charge is 0.381 e. The molecule has 0 aliphatic carbocycles. The molecule has 2 aromatic carbocycles. The monoisotopic (exact) mass is 465 g/mol. The number of hydrogen-bond acceptors (Lipinski definition) is 5. The number of sulfonamides is 1. The number of benzene rings is 2. The highest BCUT2D eigenvalue weighted by molar-refractivity contribution is 7.94. The molecule has 8 heteroatoms. The van der Waals surface area contributed by atoms with Crippen LogP contribution in [0.5, 0.6) is 0 Å². The lowest BCUT2D eigenvalue weighted by molar-refractivity contribution is -0.00520. The number of anilines is 3. The van der Waals surface area contributed by atoms with Gasteiger partial charge in [-0.05, 0) is 70.5 Å². The van der Waals surface area contributed by atoms with Crippen LogP contribution in [0.25, 0.3) is 0 Å². The van der Waals surface area contributed by atoms with Crippen LogP contribution in [0.2, 0.25) is 5.02 Å². The van der Waals surface area contributed by atoms with E-state index in [4.69, 9.17) is 16.3 Å². The van der Waals surface area contributed by atoms with Crippen LogP contribution in [0.15, 0.2) is 42.5 Å². The molecule has 31 heavy (non-hydrogen) atoms. The number of ether oxygens (including phenoxy) is 1. The van der Waals surface area contributed by atoms with Gasteiger partial charge in [0, 0.05) is 31.0 Å². The molecule has 0 radical (unpaired) electrons. The first-order valence-electron chi connectivity index (χ1n) is 10.5. The van der Waals surface area contributed by atoms with Gasteiger partial charge in [0.25, 0.3) is 0 Å². The maximum Gasteiger partial charge on any atom is 0.237 e. The Kier molecular flexibility index (Phi) is 7.08. The van der Waals surface area contributed by atoms with Crippen LogP contribution < -0.4 is 14.9 Å². The maximum atomic E-state index is 12.3. The molecule has 0 amide bonds. The van der Waals surface area contributed by atoms with Crippen molar-refractivity contribution in [3.8, 4) is 0 Å². The third-order valence-corrected chi connectivity index (χ3v) is 7.64. The minimum absolute atomic E-state index is 0.175. The highest BCUT2D eigenvalue weighted by atomic mass is 35.5. The van der Waals surface area contributed by atoms with E-state index in [9.17, 15) is 8.42 Å². The second-order valence-electron chi connectivity index (χ2n) is 9.10. The lowest BCUT2D eigenvalue weighted by Gasteiger charge is -2.37. The summed E-state index contributed by atoms with van der Waals surface area (Å²) in [5.41, 5.74) is 3.54. The molecule has 2 unspecified atom stereocenters. The highest BCUT2D eigenvalue weighted by Gasteiger charge is 2.28. The molecule has 6 nitrogen and oxygen atoms in total. The Labute approximate surface area is 191 Å². The fraction of sp³-hybridized carbons (Fsp3) is 0.478. The van der Waals surface area contributed by atoms with Gasteiger partial charge in [-0.15, -0.1) is 0 Å². The molecule has 170 valence electrons. The molecule has 2 aromatic rings. The highest BCUT2D eigenvalue weighted by Crippen LogP contribution is 2.31. The zero-order chi connectivity index (χ0) is 22.8. The lowest BCUT2D eigenvalue weighted by atomic mass is 10.1. The van der Waals surface area contributed by atoms with E-state index in [0.717, 1.165) is 30.0 Å². The molecule has 1 aliphatic heterocycles. The van der Waals surface area contributed by atoms with Crippen molar-refractivity contribution in [1.29, 1.82) is 0 Å². The summed E-state index contributed by atoms with van der Waals surface area (Å²) < 4.78 is 32.1. The summed E-state index contributed by atoms with van der Waals surface area (Å²) in [4.78, 5) is 2.27. The Morgan fingerprint density at radius 3 is 2.16 bits per heavy atom. The maximum absolute atomic E-state index is 12.3. The van der Waals surface area contributed by atoms with Gasteiger partial charge in [-0.2, -0.15) is 0 Å². The van der Waals surface area contributed by atoms with Gasteiger partial charge < -0.3 is 15.0 Å². The van der Waals surface area contributed by atoms with Crippen molar-refractivity contribution in [2.45, 2.75) is 58.1 Å². The van der Waals surface area contributed by atoms with Crippen molar-refractivity contribution in [3.05, 3.63) is 53.1 Å².